The average molecular weight is 670 g/mol. The van der Waals surface area contributed by atoms with Gasteiger partial charge < -0.3 is 54.2 Å². The van der Waals surface area contributed by atoms with Crippen LogP contribution in [0, 0.1) is 52.4 Å². The van der Waals surface area contributed by atoms with Crippen molar-refractivity contribution in [3.05, 3.63) is 69.8 Å². The van der Waals surface area contributed by atoms with E-state index in [1.807, 2.05) is 77.9 Å². The third-order valence-electron chi connectivity index (χ3n) is 6.32. The van der Waals surface area contributed by atoms with Gasteiger partial charge in [-0.1, -0.05) is 41.5 Å². The number of anilines is 6. The molecule has 0 radical (unpaired) electrons. The Labute approximate surface area is 279 Å². The molecule has 12 N–H and O–H groups in total. The molecule has 0 aliphatic heterocycles. The van der Waals surface area contributed by atoms with Crippen molar-refractivity contribution in [2.45, 2.75) is 83.1 Å². The van der Waals surface area contributed by atoms with Crippen molar-refractivity contribution < 1.29 is 36.3 Å². The summed E-state index contributed by atoms with van der Waals surface area (Å²) in [5, 5.41) is 19.8. The van der Waals surface area contributed by atoms with Crippen molar-refractivity contribution in [2.24, 2.45) is 10.8 Å². The van der Waals surface area contributed by atoms with Crippen molar-refractivity contribution in [1.29, 1.82) is 0 Å². The zero-order valence-electron chi connectivity index (χ0n) is 28.9. The summed E-state index contributed by atoms with van der Waals surface area (Å²) in [6.45, 7) is 21.7. The van der Waals surface area contributed by atoms with E-state index in [1.54, 1.807) is 41.5 Å². The van der Waals surface area contributed by atoms with Crippen LogP contribution in [0.4, 0.5) is 34.1 Å². The molecule has 0 saturated carbocycles. The summed E-state index contributed by atoms with van der Waals surface area (Å²) in [7, 11) is 0. The van der Waals surface area contributed by atoms with Gasteiger partial charge in [-0.25, -0.2) is 0 Å². The van der Waals surface area contributed by atoms with Crippen LogP contribution >= 0.6 is 0 Å². The number of hydrogen-bond acceptors (Lipinski definition) is 10. The Morgan fingerprint density at radius 3 is 0.578 bits per heavy atom. The standard InChI is InChI=1S/3C8H12N2.2C5H10O2.Ni/c3*1-5-3-7(9)8(10)4-6(5)2;2*1-5(2,3)4(6)7;/h3*3-4H,9-10H2,1-2H3;2*1-3H3,(H,6,7);/q;;;;;+2/p-2. The quantitative estimate of drug-likeness (QED) is 0.149. The third-order valence-corrected chi connectivity index (χ3v) is 6.32. The zero-order chi connectivity index (χ0) is 35.3. The average Bonchev–Trinajstić information content (AvgIpc) is 2.86. The molecule has 0 atom stereocenters. The van der Waals surface area contributed by atoms with E-state index in [1.165, 1.54) is 33.4 Å². The van der Waals surface area contributed by atoms with Gasteiger partial charge in [0.05, 0.1) is 34.1 Å². The van der Waals surface area contributed by atoms with Gasteiger partial charge in [0.1, 0.15) is 0 Å². The van der Waals surface area contributed by atoms with Crippen molar-refractivity contribution in [1.82, 2.24) is 0 Å². The van der Waals surface area contributed by atoms with Gasteiger partial charge in [0.2, 0.25) is 0 Å². The molecule has 0 aromatic heterocycles. The number of benzene rings is 3. The van der Waals surface area contributed by atoms with Gasteiger partial charge in [-0.15, -0.1) is 0 Å². The molecule has 254 valence electrons. The maximum absolute atomic E-state index is 9.91. The number of carbonyl (C=O) groups excluding carboxylic acids is 2. The molecule has 0 aliphatic rings. The van der Waals surface area contributed by atoms with Crippen LogP contribution in [0.1, 0.15) is 74.9 Å². The maximum Gasteiger partial charge on any atom is 2.00 e. The van der Waals surface area contributed by atoms with Crippen LogP contribution < -0.4 is 44.6 Å². The number of nitrogens with two attached hydrogens (primary N) is 6. The number of carboxylic acid groups (broad SMARTS) is 2. The van der Waals surface area contributed by atoms with E-state index in [2.05, 4.69) is 0 Å². The number of carbonyl (C=O) groups is 2. The Morgan fingerprint density at radius 1 is 0.422 bits per heavy atom. The molecule has 3 aromatic rings. The Morgan fingerprint density at radius 2 is 0.511 bits per heavy atom. The number of carboxylic acids is 2. The number of nitrogen functional groups attached to an aromatic ring is 6. The fourth-order valence-corrected chi connectivity index (χ4v) is 2.58. The van der Waals surface area contributed by atoms with Gasteiger partial charge in [0, 0.05) is 22.8 Å². The van der Waals surface area contributed by atoms with Gasteiger partial charge >= 0.3 is 16.5 Å². The van der Waals surface area contributed by atoms with Crippen LogP contribution in [0.3, 0.4) is 0 Å². The first kappa shape index (κ1) is 45.3. The smallest absolute Gasteiger partial charge is 0.550 e. The SMILES string of the molecule is CC(C)(C)C(=O)[O-].CC(C)(C)C(=O)[O-].Cc1cc(N)c(N)cc1C.Cc1cc(N)c(N)cc1C.Cc1cc(N)c(N)cc1C.[Ni+2]. The molecule has 0 fully saturated rings. The maximum atomic E-state index is 9.91. The summed E-state index contributed by atoms with van der Waals surface area (Å²) in [6, 6.07) is 11.4. The first-order valence-corrected chi connectivity index (χ1v) is 14.0. The molecule has 0 amide bonds. The number of aryl methyl sites for hydroxylation is 6. The fourth-order valence-electron chi connectivity index (χ4n) is 2.58. The van der Waals surface area contributed by atoms with Crippen molar-refractivity contribution >= 4 is 46.1 Å². The van der Waals surface area contributed by atoms with E-state index in [-0.39, 0.29) is 16.5 Å². The van der Waals surface area contributed by atoms with E-state index >= 15 is 0 Å². The summed E-state index contributed by atoms with van der Waals surface area (Å²) in [5.74, 6) is -2.01. The summed E-state index contributed by atoms with van der Waals surface area (Å²) >= 11 is 0. The fraction of sp³-hybridized carbons (Fsp3) is 0.412. The Bertz CT molecular complexity index is 1100. The normalized spacial score (nSPS) is 10.0. The van der Waals surface area contributed by atoms with Crippen LogP contribution in [0.5, 0.6) is 0 Å². The van der Waals surface area contributed by atoms with E-state index in [0.29, 0.717) is 34.1 Å². The monoisotopic (exact) mass is 668 g/mol. The van der Waals surface area contributed by atoms with Gasteiger partial charge in [0.15, 0.2) is 0 Å². The summed E-state index contributed by atoms with van der Waals surface area (Å²) in [5.41, 5.74) is 43.1. The van der Waals surface area contributed by atoms with Crippen LogP contribution in [-0.2, 0) is 26.1 Å². The molecular weight excluding hydrogens is 615 g/mol. The van der Waals surface area contributed by atoms with Gasteiger partial charge in [-0.2, -0.15) is 0 Å². The Kier molecular flexibility index (Phi) is 19.5. The van der Waals surface area contributed by atoms with Gasteiger partial charge in [0.25, 0.3) is 0 Å². The minimum atomic E-state index is -1.01. The second-order valence-corrected chi connectivity index (χ2v) is 12.8. The topological polar surface area (TPSA) is 236 Å². The molecular formula is C34H54N6NiO4. The predicted molar refractivity (Wildman–Crippen MR) is 183 cm³/mol. The molecule has 0 bridgehead atoms. The van der Waals surface area contributed by atoms with E-state index in [4.69, 9.17) is 34.4 Å². The van der Waals surface area contributed by atoms with Crippen molar-refractivity contribution in [3.63, 3.8) is 0 Å². The second kappa shape index (κ2) is 19.3. The summed E-state index contributed by atoms with van der Waals surface area (Å²) in [4.78, 5) is 19.8. The van der Waals surface area contributed by atoms with Crippen LogP contribution in [0.15, 0.2) is 36.4 Å². The second-order valence-electron chi connectivity index (χ2n) is 12.8. The number of aliphatic carboxylic acids is 2. The van der Waals surface area contributed by atoms with E-state index < -0.39 is 22.8 Å². The molecule has 0 heterocycles. The molecule has 0 aliphatic carbocycles. The molecule has 0 unspecified atom stereocenters. The van der Waals surface area contributed by atoms with Crippen molar-refractivity contribution in [2.75, 3.05) is 34.4 Å². The zero-order valence-corrected chi connectivity index (χ0v) is 29.9. The first-order valence-electron chi connectivity index (χ1n) is 14.0. The molecule has 0 spiro atoms. The van der Waals surface area contributed by atoms with E-state index in [9.17, 15) is 19.8 Å². The minimum absolute atomic E-state index is 0. The first-order chi connectivity index (χ1) is 19.7. The number of hydrogen-bond donors (Lipinski definition) is 6. The predicted octanol–water partition coefficient (Wildman–Crippen LogP) is 3.97. The summed E-state index contributed by atoms with van der Waals surface area (Å²) < 4.78 is 0. The van der Waals surface area contributed by atoms with Crippen molar-refractivity contribution in [3.8, 4) is 0 Å². The molecule has 3 rings (SSSR count). The number of rotatable bonds is 0. The molecule has 45 heavy (non-hydrogen) atoms. The summed E-state index contributed by atoms with van der Waals surface area (Å²) in [6.07, 6.45) is 0. The largest absolute Gasteiger partial charge is 2.00 e. The van der Waals surface area contributed by atoms with Gasteiger partial charge in [-0.05, 0) is 111 Å². The Balaban J connectivity index is -0.000000493. The van der Waals surface area contributed by atoms with Crippen LogP contribution in [-0.4, -0.2) is 11.9 Å². The van der Waals surface area contributed by atoms with E-state index in [0.717, 1.165) is 0 Å². The molecule has 11 heteroatoms. The van der Waals surface area contributed by atoms with Crippen LogP contribution in [0.25, 0.3) is 0 Å². The van der Waals surface area contributed by atoms with Crippen LogP contribution in [0.2, 0.25) is 0 Å². The molecule has 0 saturated heterocycles. The molecule has 3 aromatic carbocycles. The molecule has 10 nitrogen and oxygen atoms in total. The minimum Gasteiger partial charge on any atom is -0.550 e. The van der Waals surface area contributed by atoms with Gasteiger partial charge in [-0.3, -0.25) is 0 Å². The Hall–Kier alpha value is -4.11. The third kappa shape index (κ3) is 18.3.